The van der Waals surface area contributed by atoms with E-state index >= 15 is 0 Å². The second-order valence-electron chi connectivity index (χ2n) is 6.76. The quantitative estimate of drug-likeness (QED) is 0.619. The van der Waals surface area contributed by atoms with Gasteiger partial charge in [-0.05, 0) is 36.8 Å². The summed E-state index contributed by atoms with van der Waals surface area (Å²) < 4.78 is 26.4. The average molecular weight is 338 g/mol. The van der Waals surface area contributed by atoms with Crippen molar-refractivity contribution in [2.24, 2.45) is 16.8 Å². The molecule has 1 fully saturated rings. The smallest absolute Gasteiger partial charge is 0.190 e. The zero-order chi connectivity index (χ0) is 17.5. The summed E-state index contributed by atoms with van der Waals surface area (Å²) in [4.78, 5) is 6.33. The number of hydrogen-bond donors (Lipinski definition) is 2. The molecule has 1 aliphatic heterocycles. The van der Waals surface area contributed by atoms with Crippen LogP contribution in [0.5, 0.6) is 0 Å². The summed E-state index contributed by atoms with van der Waals surface area (Å²) in [5, 5.41) is 6.67. The van der Waals surface area contributed by atoms with Crippen molar-refractivity contribution in [3.8, 4) is 0 Å². The van der Waals surface area contributed by atoms with Gasteiger partial charge in [0.15, 0.2) is 17.6 Å². The van der Waals surface area contributed by atoms with E-state index in [0.717, 1.165) is 50.7 Å². The number of nitrogens with one attached hydrogen (secondary N) is 2. The number of nitrogens with zero attached hydrogens (tertiary/aromatic N) is 2. The van der Waals surface area contributed by atoms with Crippen LogP contribution in [0.15, 0.2) is 23.2 Å². The third-order valence-corrected chi connectivity index (χ3v) is 4.35. The molecule has 0 radical (unpaired) electrons. The first kappa shape index (κ1) is 18.5. The highest BCUT2D eigenvalue weighted by atomic mass is 19.2. The summed E-state index contributed by atoms with van der Waals surface area (Å²) in [5.74, 6) is 0.357. The average Bonchev–Trinajstić information content (AvgIpc) is 3.02. The number of guanidine groups is 1. The first-order valence-electron chi connectivity index (χ1n) is 8.64. The van der Waals surface area contributed by atoms with Gasteiger partial charge in [0.05, 0.1) is 0 Å². The zero-order valence-electron chi connectivity index (χ0n) is 14.8. The van der Waals surface area contributed by atoms with Gasteiger partial charge in [-0.1, -0.05) is 13.8 Å². The lowest BCUT2D eigenvalue weighted by molar-refractivity contribution is 0.508. The summed E-state index contributed by atoms with van der Waals surface area (Å²) in [6.07, 6.45) is 2.13. The molecule has 6 heteroatoms. The fraction of sp³-hybridized carbons (Fsp3) is 0.611. The van der Waals surface area contributed by atoms with Gasteiger partial charge in [0.2, 0.25) is 0 Å². The Morgan fingerprint density at radius 3 is 2.75 bits per heavy atom. The van der Waals surface area contributed by atoms with Crippen molar-refractivity contribution in [2.45, 2.75) is 26.7 Å². The molecule has 1 aromatic rings. The van der Waals surface area contributed by atoms with Crippen molar-refractivity contribution in [2.75, 3.05) is 38.1 Å². The van der Waals surface area contributed by atoms with Gasteiger partial charge in [0.1, 0.15) is 0 Å². The Balaban J connectivity index is 1.77. The summed E-state index contributed by atoms with van der Waals surface area (Å²) in [5.41, 5.74) is 0.746. The first-order valence-corrected chi connectivity index (χ1v) is 8.64. The highest BCUT2D eigenvalue weighted by Crippen LogP contribution is 2.24. The number of rotatable bonds is 6. The van der Waals surface area contributed by atoms with Crippen molar-refractivity contribution >= 4 is 11.6 Å². The third-order valence-electron chi connectivity index (χ3n) is 4.35. The summed E-state index contributed by atoms with van der Waals surface area (Å²) in [7, 11) is 1.77. The van der Waals surface area contributed by atoms with E-state index in [9.17, 15) is 8.78 Å². The lowest BCUT2D eigenvalue weighted by atomic mass is 10.1. The minimum atomic E-state index is -0.799. The van der Waals surface area contributed by atoms with E-state index in [2.05, 4.69) is 34.4 Å². The second-order valence-corrected chi connectivity index (χ2v) is 6.76. The predicted octanol–water partition coefficient (Wildman–Crippen LogP) is 3.00. The molecule has 1 aliphatic rings. The predicted molar refractivity (Wildman–Crippen MR) is 95.5 cm³/mol. The Bertz CT molecular complexity index is 560. The van der Waals surface area contributed by atoms with Gasteiger partial charge in [-0.3, -0.25) is 4.99 Å². The van der Waals surface area contributed by atoms with E-state index < -0.39 is 11.6 Å². The van der Waals surface area contributed by atoms with Crippen LogP contribution >= 0.6 is 0 Å². The van der Waals surface area contributed by atoms with E-state index in [1.165, 1.54) is 12.1 Å². The molecule has 2 N–H and O–H groups in total. The molecule has 1 atom stereocenters. The molecule has 4 nitrogen and oxygen atoms in total. The maximum atomic E-state index is 13.4. The first-order chi connectivity index (χ1) is 11.5. The molecule has 1 unspecified atom stereocenters. The normalized spacial score (nSPS) is 18.3. The summed E-state index contributed by atoms with van der Waals surface area (Å²) in [6, 6.07) is 4.11. The van der Waals surface area contributed by atoms with Crippen molar-refractivity contribution in [3.63, 3.8) is 0 Å². The zero-order valence-corrected chi connectivity index (χ0v) is 14.8. The number of hydrogen-bond acceptors (Lipinski definition) is 2. The van der Waals surface area contributed by atoms with Gasteiger partial charge >= 0.3 is 0 Å². The van der Waals surface area contributed by atoms with E-state index in [1.807, 2.05) is 0 Å². The summed E-state index contributed by atoms with van der Waals surface area (Å²) >= 11 is 0. The van der Waals surface area contributed by atoms with Crippen LogP contribution in [0.4, 0.5) is 14.5 Å². The Labute approximate surface area is 143 Å². The second kappa shape index (κ2) is 8.85. The van der Waals surface area contributed by atoms with Crippen LogP contribution in [-0.4, -0.2) is 39.2 Å². The highest BCUT2D eigenvalue weighted by Gasteiger charge is 2.23. The lowest BCUT2D eigenvalue weighted by Crippen LogP contribution is -2.40. The van der Waals surface area contributed by atoms with Crippen molar-refractivity contribution in [1.82, 2.24) is 10.6 Å². The van der Waals surface area contributed by atoms with Gasteiger partial charge in [0, 0.05) is 45.0 Å². The maximum Gasteiger partial charge on any atom is 0.190 e. The van der Waals surface area contributed by atoms with Gasteiger partial charge in [-0.2, -0.15) is 0 Å². The van der Waals surface area contributed by atoms with Crippen LogP contribution in [-0.2, 0) is 0 Å². The summed E-state index contributed by atoms with van der Waals surface area (Å²) in [6.45, 7) is 7.81. The third kappa shape index (κ3) is 5.35. The topological polar surface area (TPSA) is 39.7 Å². The Kier molecular flexibility index (Phi) is 6.82. The minimum absolute atomic E-state index is 0.460. The maximum absolute atomic E-state index is 13.4. The molecule has 0 bridgehead atoms. The molecule has 0 amide bonds. The molecular formula is C18H28F2N4. The molecule has 0 saturated carbocycles. The van der Waals surface area contributed by atoms with Crippen LogP contribution in [0.2, 0.25) is 0 Å². The number of benzene rings is 1. The highest BCUT2D eigenvalue weighted by molar-refractivity contribution is 5.79. The van der Waals surface area contributed by atoms with E-state index in [0.29, 0.717) is 11.8 Å². The largest absolute Gasteiger partial charge is 0.371 e. The molecule has 134 valence electrons. The van der Waals surface area contributed by atoms with Gasteiger partial charge in [0.25, 0.3) is 0 Å². The molecule has 0 spiro atoms. The number of halogens is 2. The van der Waals surface area contributed by atoms with Crippen LogP contribution in [0.3, 0.4) is 0 Å². The van der Waals surface area contributed by atoms with Crippen LogP contribution in [0, 0.1) is 23.5 Å². The molecule has 2 rings (SSSR count). The van der Waals surface area contributed by atoms with E-state index in [1.54, 1.807) is 13.1 Å². The minimum Gasteiger partial charge on any atom is -0.371 e. The number of aliphatic imine (C=N–C) groups is 1. The molecule has 0 aromatic heterocycles. The molecular weight excluding hydrogens is 310 g/mol. The molecule has 1 aromatic carbocycles. The van der Waals surface area contributed by atoms with Crippen LogP contribution in [0.25, 0.3) is 0 Å². The lowest BCUT2D eigenvalue weighted by Gasteiger charge is -2.19. The molecule has 24 heavy (non-hydrogen) atoms. The van der Waals surface area contributed by atoms with Crippen LogP contribution in [0.1, 0.15) is 26.7 Å². The van der Waals surface area contributed by atoms with Crippen molar-refractivity contribution < 1.29 is 8.78 Å². The Hall–Kier alpha value is -1.85. The monoisotopic (exact) mass is 338 g/mol. The SMILES string of the molecule is CN=C(NCCC(C)C)NCC1CCN(c2ccc(F)c(F)c2)C1. The van der Waals surface area contributed by atoms with E-state index in [4.69, 9.17) is 0 Å². The molecule has 0 aliphatic carbocycles. The van der Waals surface area contributed by atoms with Gasteiger partial charge < -0.3 is 15.5 Å². The van der Waals surface area contributed by atoms with Crippen LogP contribution < -0.4 is 15.5 Å². The fourth-order valence-electron chi connectivity index (χ4n) is 2.86. The molecule has 1 saturated heterocycles. The standard InChI is InChI=1S/C18H28F2N4/c1-13(2)6-8-22-18(21-3)23-11-14-7-9-24(12-14)15-4-5-16(19)17(20)10-15/h4-5,10,13-14H,6-9,11-12H2,1-3H3,(H2,21,22,23). The van der Waals surface area contributed by atoms with Gasteiger partial charge in [-0.25, -0.2) is 8.78 Å². The number of anilines is 1. The Morgan fingerprint density at radius 1 is 1.29 bits per heavy atom. The Morgan fingerprint density at radius 2 is 2.08 bits per heavy atom. The van der Waals surface area contributed by atoms with Crippen molar-refractivity contribution in [3.05, 3.63) is 29.8 Å². The van der Waals surface area contributed by atoms with Gasteiger partial charge in [-0.15, -0.1) is 0 Å². The fourth-order valence-corrected chi connectivity index (χ4v) is 2.86. The van der Waals surface area contributed by atoms with Crippen molar-refractivity contribution in [1.29, 1.82) is 0 Å². The molecule has 1 heterocycles. The van der Waals surface area contributed by atoms with E-state index in [-0.39, 0.29) is 0 Å².